The molecule has 2 heterocycles. The monoisotopic (exact) mass is 407 g/mol. The zero-order valence-electron chi connectivity index (χ0n) is 17.1. The molecule has 0 saturated heterocycles. The number of fused-ring (bicyclic) bond motifs is 1. The molecule has 0 aliphatic rings. The topological polar surface area (TPSA) is 51.3 Å². The standard InChI is InChI=1S/C26H21N3O2/c1-28-15-14-27-25(28)18-29(26(30)24-17-21-10-5-6-13-23(21)31-24)22-12-7-11-20(16-22)19-8-3-2-4-9-19/h2-17H,18H2,1H3. The lowest BCUT2D eigenvalue weighted by molar-refractivity contribution is 0.0959. The van der Waals surface area contributed by atoms with E-state index in [0.29, 0.717) is 17.9 Å². The zero-order valence-corrected chi connectivity index (χ0v) is 17.1. The van der Waals surface area contributed by atoms with Gasteiger partial charge in [0.1, 0.15) is 11.4 Å². The van der Waals surface area contributed by atoms with E-state index in [9.17, 15) is 4.79 Å². The minimum atomic E-state index is -0.204. The average molecular weight is 407 g/mol. The smallest absolute Gasteiger partial charge is 0.294 e. The van der Waals surface area contributed by atoms with Gasteiger partial charge in [-0.1, -0.05) is 60.7 Å². The van der Waals surface area contributed by atoms with Crippen molar-refractivity contribution in [2.45, 2.75) is 6.54 Å². The molecule has 2 aromatic heterocycles. The van der Waals surface area contributed by atoms with Crippen molar-refractivity contribution in [2.75, 3.05) is 4.90 Å². The third-order valence-electron chi connectivity index (χ3n) is 5.37. The predicted octanol–water partition coefficient (Wildman–Crippen LogP) is 5.68. The van der Waals surface area contributed by atoms with Gasteiger partial charge >= 0.3 is 0 Å². The number of imidazole rings is 1. The van der Waals surface area contributed by atoms with Crippen LogP contribution in [0, 0.1) is 0 Å². The van der Waals surface area contributed by atoms with Crippen molar-refractivity contribution in [3.63, 3.8) is 0 Å². The number of nitrogens with zero attached hydrogens (tertiary/aromatic N) is 3. The summed E-state index contributed by atoms with van der Waals surface area (Å²) in [6.07, 6.45) is 3.61. The Balaban J connectivity index is 1.57. The van der Waals surface area contributed by atoms with Crippen LogP contribution in [-0.4, -0.2) is 15.5 Å². The highest BCUT2D eigenvalue weighted by molar-refractivity contribution is 6.06. The molecule has 0 N–H and O–H groups in total. The molecule has 0 unspecified atom stereocenters. The molecule has 31 heavy (non-hydrogen) atoms. The molecule has 0 atom stereocenters. The predicted molar refractivity (Wildman–Crippen MR) is 122 cm³/mol. The first-order valence-corrected chi connectivity index (χ1v) is 10.1. The van der Waals surface area contributed by atoms with Crippen molar-refractivity contribution < 1.29 is 9.21 Å². The number of para-hydroxylation sites is 1. The summed E-state index contributed by atoms with van der Waals surface area (Å²) in [5, 5.41) is 0.904. The number of furan rings is 1. The van der Waals surface area contributed by atoms with Gasteiger partial charge in [0.25, 0.3) is 5.91 Å². The van der Waals surface area contributed by atoms with Crippen molar-refractivity contribution in [3.8, 4) is 11.1 Å². The van der Waals surface area contributed by atoms with Crippen LogP contribution in [-0.2, 0) is 13.6 Å². The van der Waals surface area contributed by atoms with E-state index in [1.165, 1.54) is 0 Å². The Kier molecular flexibility index (Phi) is 4.84. The number of hydrogen-bond acceptors (Lipinski definition) is 3. The van der Waals surface area contributed by atoms with Gasteiger partial charge in [-0.05, 0) is 35.4 Å². The first kappa shape index (κ1) is 18.9. The second kappa shape index (κ2) is 7.95. The van der Waals surface area contributed by atoms with Gasteiger partial charge in [-0.3, -0.25) is 9.69 Å². The molecule has 0 aliphatic heterocycles. The number of rotatable bonds is 5. The number of carbonyl (C=O) groups is 1. The third kappa shape index (κ3) is 3.73. The molecular formula is C26H21N3O2. The molecule has 0 bridgehead atoms. The highest BCUT2D eigenvalue weighted by Crippen LogP contribution is 2.28. The van der Waals surface area contributed by atoms with Gasteiger partial charge in [-0.2, -0.15) is 0 Å². The van der Waals surface area contributed by atoms with Crippen LogP contribution in [0.1, 0.15) is 16.4 Å². The Morgan fingerprint density at radius 3 is 2.48 bits per heavy atom. The number of hydrogen-bond donors (Lipinski definition) is 0. The fraction of sp³-hybridized carbons (Fsp3) is 0.0769. The number of benzene rings is 3. The Morgan fingerprint density at radius 2 is 1.71 bits per heavy atom. The maximum Gasteiger partial charge on any atom is 0.294 e. The third-order valence-corrected chi connectivity index (χ3v) is 5.37. The maximum absolute atomic E-state index is 13.6. The molecule has 5 rings (SSSR count). The van der Waals surface area contributed by atoms with Crippen LogP contribution >= 0.6 is 0 Å². The van der Waals surface area contributed by atoms with Crippen molar-refractivity contribution in [1.29, 1.82) is 0 Å². The first-order chi connectivity index (χ1) is 15.2. The molecular weight excluding hydrogens is 386 g/mol. The molecule has 3 aromatic carbocycles. The lowest BCUT2D eigenvalue weighted by atomic mass is 10.0. The van der Waals surface area contributed by atoms with Crippen LogP contribution in [0.25, 0.3) is 22.1 Å². The Bertz CT molecular complexity index is 1320. The van der Waals surface area contributed by atoms with E-state index in [0.717, 1.165) is 28.0 Å². The molecule has 0 fully saturated rings. The van der Waals surface area contributed by atoms with E-state index in [4.69, 9.17) is 4.42 Å². The van der Waals surface area contributed by atoms with Gasteiger partial charge in [-0.25, -0.2) is 4.98 Å². The minimum Gasteiger partial charge on any atom is -0.451 e. The van der Waals surface area contributed by atoms with Gasteiger partial charge in [0.2, 0.25) is 0 Å². The van der Waals surface area contributed by atoms with Gasteiger partial charge in [0.05, 0.1) is 6.54 Å². The molecule has 0 radical (unpaired) electrons. The number of anilines is 1. The summed E-state index contributed by atoms with van der Waals surface area (Å²) in [7, 11) is 1.92. The number of carbonyl (C=O) groups excluding carboxylic acids is 1. The van der Waals surface area contributed by atoms with Gasteiger partial charge in [-0.15, -0.1) is 0 Å². The van der Waals surface area contributed by atoms with Gasteiger partial charge in [0, 0.05) is 30.5 Å². The van der Waals surface area contributed by atoms with Crippen molar-refractivity contribution >= 4 is 22.6 Å². The van der Waals surface area contributed by atoms with Crippen LogP contribution in [0.2, 0.25) is 0 Å². The van der Waals surface area contributed by atoms with E-state index in [1.54, 1.807) is 17.2 Å². The van der Waals surface area contributed by atoms with E-state index >= 15 is 0 Å². The Morgan fingerprint density at radius 1 is 0.935 bits per heavy atom. The van der Waals surface area contributed by atoms with Crippen molar-refractivity contribution in [1.82, 2.24) is 9.55 Å². The summed E-state index contributed by atoms with van der Waals surface area (Å²) in [4.78, 5) is 19.7. The van der Waals surface area contributed by atoms with Gasteiger partial charge < -0.3 is 8.98 Å². The largest absolute Gasteiger partial charge is 0.451 e. The summed E-state index contributed by atoms with van der Waals surface area (Å²) < 4.78 is 7.79. The fourth-order valence-corrected chi connectivity index (χ4v) is 3.67. The van der Waals surface area contributed by atoms with E-state index in [1.807, 2.05) is 84.5 Å². The molecule has 0 spiro atoms. The lowest BCUT2D eigenvalue weighted by Gasteiger charge is -2.22. The van der Waals surface area contributed by atoms with Crippen LogP contribution in [0.15, 0.2) is 102 Å². The van der Waals surface area contributed by atoms with Gasteiger partial charge in [0.15, 0.2) is 5.76 Å². The molecule has 5 heteroatoms. The lowest BCUT2D eigenvalue weighted by Crippen LogP contribution is -2.31. The molecule has 0 aliphatic carbocycles. The summed E-state index contributed by atoms with van der Waals surface area (Å²) in [5.74, 6) is 0.888. The second-order valence-corrected chi connectivity index (χ2v) is 7.41. The van der Waals surface area contributed by atoms with Crippen LogP contribution in [0.4, 0.5) is 5.69 Å². The number of aromatic nitrogens is 2. The molecule has 5 aromatic rings. The van der Waals surface area contributed by atoms with E-state index in [2.05, 4.69) is 17.1 Å². The molecule has 5 nitrogen and oxygen atoms in total. The van der Waals surface area contributed by atoms with Crippen LogP contribution in [0.5, 0.6) is 0 Å². The van der Waals surface area contributed by atoms with Crippen LogP contribution < -0.4 is 4.90 Å². The second-order valence-electron chi connectivity index (χ2n) is 7.41. The van der Waals surface area contributed by atoms with Crippen LogP contribution in [0.3, 0.4) is 0 Å². The zero-order chi connectivity index (χ0) is 21.2. The Hall–Kier alpha value is -4.12. The molecule has 0 saturated carbocycles. The summed E-state index contributed by atoms with van der Waals surface area (Å²) in [6.45, 7) is 0.331. The minimum absolute atomic E-state index is 0.204. The number of aryl methyl sites for hydroxylation is 1. The van der Waals surface area contributed by atoms with Crippen molar-refractivity contribution in [3.05, 3.63) is 109 Å². The highest BCUT2D eigenvalue weighted by atomic mass is 16.3. The maximum atomic E-state index is 13.6. The SMILES string of the molecule is Cn1ccnc1CN(C(=O)c1cc2ccccc2o1)c1cccc(-c2ccccc2)c1. The van der Waals surface area contributed by atoms with Crippen molar-refractivity contribution in [2.24, 2.45) is 7.05 Å². The normalized spacial score (nSPS) is 11.0. The first-order valence-electron chi connectivity index (χ1n) is 10.1. The summed E-state index contributed by atoms with van der Waals surface area (Å²) in [6, 6.07) is 27.5. The fourth-order valence-electron chi connectivity index (χ4n) is 3.67. The Labute approximate surface area is 180 Å². The van der Waals surface area contributed by atoms with E-state index in [-0.39, 0.29) is 5.91 Å². The highest BCUT2D eigenvalue weighted by Gasteiger charge is 2.23. The summed E-state index contributed by atoms with van der Waals surface area (Å²) >= 11 is 0. The quantitative estimate of drug-likeness (QED) is 0.377. The average Bonchev–Trinajstić information content (AvgIpc) is 3.43. The summed E-state index contributed by atoms with van der Waals surface area (Å²) in [5.41, 5.74) is 3.62. The number of amides is 1. The molecule has 1 amide bonds. The molecule has 152 valence electrons. The van der Waals surface area contributed by atoms with E-state index < -0.39 is 0 Å².